The summed E-state index contributed by atoms with van der Waals surface area (Å²) in [4.78, 5) is 10.8. The molecule has 1 rings (SSSR count). The van der Waals surface area contributed by atoms with Crippen molar-refractivity contribution in [3.63, 3.8) is 0 Å². The number of rotatable bonds is 7. The first-order valence-electron chi connectivity index (χ1n) is 6.47. The van der Waals surface area contributed by atoms with Crippen molar-refractivity contribution in [3.8, 4) is 6.07 Å². The predicted octanol–water partition coefficient (Wildman–Crippen LogP) is 3.11. The van der Waals surface area contributed by atoms with Crippen LogP contribution in [0.1, 0.15) is 32.3 Å². The van der Waals surface area contributed by atoms with E-state index in [1.807, 2.05) is 18.2 Å². The van der Waals surface area contributed by atoms with Gasteiger partial charge in [-0.3, -0.25) is 4.79 Å². The number of carboxylic acid groups (broad SMARTS) is 1. The van der Waals surface area contributed by atoms with Gasteiger partial charge in [-0.25, -0.2) is 0 Å². The van der Waals surface area contributed by atoms with Crippen molar-refractivity contribution in [2.45, 2.75) is 26.7 Å². The Hall–Kier alpha value is -2.02. The van der Waals surface area contributed by atoms with Gasteiger partial charge in [-0.15, -0.1) is 0 Å². The number of aliphatic carboxylic acids is 1. The molecular weight excluding hydrogens is 240 g/mol. The van der Waals surface area contributed by atoms with Gasteiger partial charge in [0.2, 0.25) is 0 Å². The summed E-state index contributed by atoms with van der Waals surface area (Å²) < 4.78 is 0. The minimum atomic E-state index is -0.777. The fourth-order valence-electron chi connectivity index (χ4n) is 2.14. The summed E-state index contributed by atoms with van der Waals surface area (Å²) in [5.74, 6) is -0.248. The van der Waals surface area contributed by atoms with Crippen molar-refractivity contribution in [1.29, 1.82) is 5.26 Å². The zero-order valence-electron chi connectivity index (χ0n) is 11.4. The van der Waals surface area contributed by atoms with Crippen molar-refractivity contribution in [1.82, 2.24) is 0 Å². The maximum Gasteiger partial charge on any atom is 0.303 e. The second-order valence-electron chi connectivity index (χ2n) is 5.13. The molecule has 1 aromatic rings. The van der Waals surface area contributed by atoms with Crippen LogP contribution in [0.15, 0.2) is 24.3 Å². The molecule has 0 bridgehead atoms. The molecule has 1 unspecified atom stereocenters. The standard InChI is InChI=1S/C15H20N2O2/c1-11(2)7-12(8-15(18)19)10-17-14-6-4-3-5-13(14)9-16/h3-6,11-12,17H,7-8,10H2,1-2H3,(H,18,19). The lowest BCUT2D eigenvalue weighted by molar-refractivity contribution is -0.138. The number of nitrogens with zero attached hydrogens (tertiary/aromatic N) is 1. The summed E-state index contributed by atoms with van der Waals surface area (Å²) in [6.45, 7) is 4.74. The van der Waals surface area contributed by atoms with E-state index in [0.29, 0.717) is 18.0 Å². The molecule has 0 saturated heterocycles. The van der Waals surface area contributed by atoms with E-state index < -0.39 is 5.97 Å². The lowest BCUT2D eigenvalue weighted by Gasteiger charge is -2.18. The van der Waals surface area contributed by atoms with Crippen molar-refractivity contribution in [2.24, 2.45) is 11.8 Å². The Labute approximate surface area is 114 Å². The van der Waals surface area contributed by atoms with Gasteiger partial charge in [0.1, 0.15) is 6.07 Å². The van der Waals surface area contributed by atoms with Crippen molar-refractivity contribution in [3.05, 3.63) is 29.8 Å². The van der Waals surface area contributed by atoms with Crippen LogP contribution in [0.3, 0.4) is 0 Å². The molecule has 0 saturated carbocycles. The van der Waals surface area contributed by atoms with Crippen molar-refractivity contribution < 1.29 is 9.90 Å². The topological polar surface area (TPSA) is 73.1 Å². The van der Waals surface area contributed by atoms with Crippen LogP contribution in [0.25, 0.3) is 0 Å². The van der Waals surface area contributed by atoms with Gasteiger partial charge in [-0.1, -0.05) is 26.0 Å². The van der Waals surface area contributed by atoms with E-state index in [-0.39, 0.29) is 12.3 Å². The summed E-state index contributed by atoms with van der Waals surface area (Å²) in [6, 6.07) is 9.38. The molecule has 4 nitrogen and oxygen atoms in total. The molecule has 1 atom stereocenters. The molecule has 0 amide bonds. The average molecular weight is 260 g/mol. The van der Waals surface area contributed by atoms with E-state index in [1.54, 1.807) is 6.07 Å². The number of carbonyl (C=O) groups is 1. The molecule has 0 aliphatic rings. The van der Waals surface area contributed by atoms with E-state index in [4.69, 9.17) is 10.4 Å². The highest BCUT2D eigenvalue weighted by atomic mass is 16.4. The quantitative estimate of drug-likeness (QED) is 0.790. The normalized spacial score (nSPS) is 11.9. The second-order valence-corrected chi connectivity index (χ2v) is 5.13. The van der Waals surface area contributed by atoms with Crippen LogP contribution in [-0.2, 0) is 4.79 Å². The van der Waals surface area contributed by atoms with Gasteiger partial charge >= 0.3 is 5.97 Å². The third-order valence-electron chi connectivity index (χ3n) is 2.90. The monoisotopic (exact) mass is 260 g/mol. The third kappa shape index (κ3) is 5.43. The van der Waals surface area contributed by atoms with Crippen molar-refractivity contribution in [2.75, 3.05) is 11.9 Å². The van der Waals surface area contributed by atoms with E-state index in [9.17, 15) is 4.79 Å². The molecule has 4 heteroatoms. The molecule has 0 aliphatic heterocycles. The number of carboxylic acids is 1. The van der Waals surface area contributed by atoms with Gasteiger partial charge in [0, 0.05) is 13.0 Å². The number of para-hydroxylation sites is 1. The Bertz CT molecular complexity index is 463. The number of nitriles is 1. The van der Waals surface area contributed by atoms with Crippen LogP contribution in [0.4, 0.5) is 5.69 Å². The molecule has 19 heavy (non-hydrogen) atoms. The number of benzene rings is 1. The van der Waals surface area contributed by atoms with Crippen LogP contribution in [-0.4, -0.2) is 17.6 Å². The van der Waals surface area contributed by atoms with Gasteiger partial charge in [-0.2, -0.15) is 5.26 Å². The molecule has 0 aliphatic carbocycles. The summed E-state index contributed by atoms with van der Waals surface area (Å²) in [6.07, 6.45) is 1.01. The molecular formula is C15H20N2O2. The molecule has 0 fully saturated rings. The molecule has 102 valence electrons. The number of hydrogen-bond acceptors (Lipinski definition) is 3. The van der Waals surface area contributed by atoms with Gasteiger partial charge in [0.25, 0.3) is 0 Å². The van der Waals surface area contributed by atoms with Gasteiger partial charge < -0.3 is 10.4 Å². The third-order valence-corrected chi connectivity index (χ3v) is 2.90. The van der Waals surface area contributed by atoms with Crippen LogP contribution in [0.5, 0.6) is 0 Å². The Balaban J connectivity index is 2.65. The predicted molar refractivity (Wildman–Crippen MR) is 74.8 cm³/mol. The van der Waals surface area contributed by atoms with E-state index in [2.05, 4.69) is 25.2 Å². The Morgan fingerprint density at radius 1 is 1.42 bits per heavy atom. The van der Waals surface area contributed by atoms with Crippen LogP contribution in [0.2, 0.25) is 0 Å². The number of anilines is 1. The lowest BCUT2D eigenvalue weighted by atomic mass is 9.94. The minimum absolute atomic E-state index is 0.0734. The number of nitrogens with one attached hydrogen (secondary N) is 1. The van der Waals surface area contributed by atoms with Crippen LogP contribution >= 0.6 is 0 Å². The summed E-state index contributed by atoms with van der Waals surface area (Å²) in [5.41, 5.74) is 1.35. The van der Waals surface area contributed by atoms with Crippen molar-refractivity contribution >= 4 is 11.7 Å². The molecule has 0 heterocycles. The summed E-state index contributed by atoms with van der Waals surface area (Å²) in [5, 5.41) is 21.1. The molecule has 0 spiro atoms. The van der Waals surface area contributed by atoms with Crippen LogP contribution in [0, 0.1) is 23.2 Å². The van der Waals surface area contributed by atoms with E-state index >= 15 is 0 Å². The van der Waals surface area contributed by atoms with Gasteiger partial charge in [0.05, 0.1) is 11.3 Å². The van der Waals surface area contributed by atoms with Gasteiger partial charge in [0.15, 0.2) is 0 Å². The highest BCUT2D eigenvalue weighted by Crippen LogP contribution is 2.19. The fourth-order valence-corrected chi connectivity index (χ4v) is 2.14. The smallest absolute Gasteiger partial charge is 0.303 e. The average Bonchev–Trinajstić information content (AvgIpc) is 2.35. The van der Waals surface area contributed by atoms with Gasteiger partial charge in [-0.05, 0) is 30.4 Å². The zero-order chi connectivity index (χ0) is 14.3. The number of hydrogen-bond donors (Lipinski definition) is 2. The lowest BCUT2D eigenvalue weighted by Crippen LogP contribution is -2.20. The summed E-state index contributed by atoms with van der Waals surface area (Å²) >= 11 is 0. The maximum absolute atomic E-state index is 10.8. The maximum atomic E-state index is 10.8. The van der Waals surface area contributed by atoms with Crippen LogP contribution < -0.4 is 5.32 Å². The molecule has 2 N–H and O–H groups in total. The molecule has 0 radical (unpaired) electrons. The largest absolute Gasteiger partial charge is 0.481 e. The van der Waals surface area contributed by atoms with E-state index in [1.165, 1.54) is 0 Å². The first-order chi connectivity index (χ1) is 9.02. The Morgan fingerprint density at radius 2 is 2.11 bits per heavy atom. The highest BCUT2D eigenvalue weighted by molar-refractivity contribution is 5.67. The fraction of sp³-hybridized carbons (Fsp3) is 0.467. The first kappa shape index (κ1) is 15.0. The molecule has 0 aromatic heterocycles. The zero-order valence-corrected chi connectivity index (χ0v) is 11.4. The molecule has 1 aromatic carbocycles. The first-order valence-corrected chi connectivity index (χ1v) is 6.47. The van der Waals surface area contributed by atoms with E-state index in [0.717, 1.165) is 12.1 Å². The Morgan fingerprint density at radius 3 is 2.68 bits per heavy atom. The second kappa shape index (κ2) is 7.42. The minimum Gasteiger partial charge on any atom is -0.481 e. The SMILES string of the molecule is CC(C)CC(CNc1ccccc1C#N)CC(=O)O. The summed E-state index contributed by atoms with van der Waals surface area (Å²) in [7, 11) is 0. The highest BCUT2D eigenvalue weighted by Gasteiger charge is 2.15. The Kier molecular flexibility index (Phi) is 5.87.